The highest BCUT2D eigenvalue weighted by Crippen LogP contribution is 2.13. The Bertz CT molecular complexity index is 286. The van der Waals surface area contributed by atoms with Gasteiger partial charge in [-0.2, -0.15) is 4.39 Å². The molecular formula is C11H17FN2. The molecule has 0 saturated carbocycles. The molecule has 1 aromatic rings. The fourth-order valence-electron chi connectivity index (χ4n) is 1.21. The van der Waals surface area contributed by atoms with Crippen LogP contribution in [0.5, 0.6) is 0 Å². The van der Waals surface area contributed by atoms with Crippen LogP contribution >= 0.6 is 0 Å². The van der Waals surface area contributed by atoms with Crippen molar-refractivity contribution in [2.75, 3.05) is 18.5 Å². The maximum absolute atomic E-state index is 12.8. The first-order valence-electron chi connectivity index (χ1n) is 4.92. The summed E-state index contributed by atoms with van der Waals surface area (Å²) in [5.74, 6) is 0.253. The van der Waals surface area contributed by atoms with Gasteiger partial charge < -0.3 is 4.90 Å². The highest BCUT2D eigenvalue weighted by Gasteiger charge is 2.03. The number of pyridine rings is 1. The van der Waals surface area contributed by atoms with Gasteiger partial charge in [-0.3, -0.25) is 0 Å². The van der Waals surface area contributed by atoms with Gasteiger partial charge in [0.1, 0.15) is 0 Å². The van der Waals surface area contributed by atoms with Crippen LogP contribution < -0.4 is 4.90 Å². The van der Waals surface area contributed by atoms with E-state index in [1.807, 2.05) is 18.0 Å². The number of hydrogen-bond acceptors (Lipinski definition) is 2. The standard InChI is InChI=1S/C11H17FN2/c1-9(2)5-7-14(3)10-4-6-13-11(12)8-10/h4,6,8-9H,5,7H2,1-3H3. The summed E-state index contributed by atoms with van der Waals surface area (Å²) >= 11 is 0. The predicted octanol–water partition coefficient (Wildman–Crippen LogP) is 2.70. The Morgan fingerprint density at radius 2 is 2.21 bits per heavy atom. The first-order chi connectivity index (χ1) is 6.59. The normalized spacial score (nSPS) is 10.6. The number of rotatable bonds is 4. The Hall–Kier alpha value is -1.12. The zero-order valence-electron chi connectivity index (χ0n) is 9.00. The molecule has 0 N–H and O–H groups in total. The van der Waals surface area contributed by atoms with Crippen molar-refractivity contribution >= 4 is 5.69 Å². The first kappa shape index (κ1) is 11.0. The van der Waals surface area contributed by atoms with Crippen LogP contribution in [0, 0.1) is 11.9 Å². The average Bonchev–Trinajstić information content (AvgIpc) is 2.14. The molecule has 0 aromatic carbocycles. The van der Waals surface area contributed by atoms with E-state index in [2.05, 4.69) is 18.8 Å². The highest BCUT2D eigenvalue weighted by molar-refractivity contribution is 5.43. The number of hydrogen-bond donors (Lipinski definition) is 0. The first-order valence-corrected chi connectivity index (χ1v) is 4.92. The number of halogens is 1. The summed E-state index contributed by atoms with van der Waals surface area (Å²) in [6.07, 6.45) is 2.61. The van der Waals surface area contributed by atoms with Gasteiger partial charge >= 0.3 is 0 Å². The van der Waals surface area contributed by atoms with Gasteiger partial charge in [0.15, 0.2) is 0 Å². The van der Waals surface area contributed by atoms with Crippen molar-refractivity contribution in [2.45, 2.75) is 20.3 Å². The lowest BCUT2D eigenvalue weighted by Crippen LogP contribution is -2.19. The third-order valence-corrected chi connectivity index (χ3v) is 2.19. The van der Waals surface area contributed by atoms with Gasteiger partial charge in [0.05, 0.1) is 0 Å². The lowest BCUT2D eigenvalue weighted by Gasteiger charge is -2.19. The van der Waals surface area contributed by atoms with Crippen molar-refractivity contribution in [3.8, 4) is 0 Å². The maximum Gasteiger partial charge on any atom is 0.214 e. The lowest BCUT2D eigenvalue weighted by molar-refractivity contribution is 0.575. The molecule has 3 heteroatoms. The summed E-state index contributed by atoms with van der Waals surface area (Å²) in [4.78, 5) is 5.57. The average molecular weight is 196 g/mol. The topological polar surface area (TPSA) is 16.1 Å². The lowest BCUT2D eigenvalue weighted by atomic mass is 10.1. The molecule has 0 aliphatic carbocycles. The molecule has 0 radical (unpaired) electrons. The van der Waals surface area contributed by atoms with Crippen LogP contribution in [-0.4, -0.2) is 18.6 Å². The molecule has 0 atom stereocenters. The van der Waals surface area contributed by atoms with E-state index in [-0.39, 0.29) is 0 Å². The minimum absolute atomic E-state index is 0.418. The fraction of sp³-hybridized carbons (Fsp3) is 0.545. The SMILES string of the molecule is CC(C)CCN(C)c1ccnc(F)c1. The molecule has 1 heterocycles. The Balaban J connectivity index is 2.56. The molecule has 1 aromatic heterocycles. The monoisotopic (exact) mass is 196 g/mol. The zero-order chi connectivity index (χ0) is 10.6. The van der Waals surface area contributed by atoms with E-state index in [1.165, 1.54) is 12.3 Å². The van der Waals surface area contributed by atoms with E-state index in [9.17, 15) is 4.39 Å². The van der Waals surface area contributed by atoms with Gasteiger partial charge in [-0.05, 0) is 18.4 Å². The molecule has 2 nitrogen and oxygen atoms in total. The van der Waals surface area contributed by atoms with Crippen molar-refractivity contribution in [1.82, 2.24) is 4.98 Å². The van der Waals surface area contributed by atoms with E-state index in [1.54, 1.807) is 0 Å². The smallest absolute Gasteiger partial charge is 0.214 e. The summed E-state index contributed by atoms with van der Waals surface area (Å²) in [6, 6.07) is 3.28. The molecule has 14 heavy (non-hydrogen) atoms. The van der Waals surface area contributed by atoms with Crippen molar-refractivity contribution in [3.63, 3.8) is 0 Å². The second kappa shape index (κ2) is 4.94. The largest absolute Gasteiger partial charge is 0.374 e. The van der Waals surface area contributed by atoms with Crippen LogP contribution in [0.4, 0.5) is 10.1 Å². The molecule has 0 aliphatic heterocycles. The van der Waals surface area contributed by atoms with E-state index in [0.29, 0.717) is 5.92 Å². The maximum atomic E-state index is 12.8. The van der Waals surface area contributed by atoms with Crippen LogP contribution in [0.1, 0.15) is 20.3 Å². The summed E-state index contributed by atoms with van der Waals surface area (Å²) in [7, 11) is 1.97. The predicted molar refractivity (Wildman–Crippen MR) is 56.9 cm³/mol. The molecule has 0 amide bonds. The molecule has 0 bridgehead atoms. The van der Waals surface area contributed by atoms with E-state index >= 15 is 0 Å². The number of nitrogens with zero attached hydrogens (tertiary/aromatic N) is 2. The van der Waals surface area contributed by atoms with Crippen molar-refractivity contribution in [2.24, 2.45) is 5.92 Å². The van der Waals surface area contributed by atoms with Gasteiger partial charge in [0, 0.05) is 31.5 Å². The zero-order valence-corrected chi connectivity index (χ0v) is 9.00. The molecule has 0 unspecified atom stereocenters. The Labute approximate surface area is 84.8 Å². The fourth-order valence-corrected chi connectivity index (χ4v) is 1.21. The van der Waals surface area contributed by atoms with Gasteiger partial charge in [-0.25, -0.2) is 4.98 Å². The van der Waals surface area contributed by atoms with Crippen LogP contribution in [0.2, 0.25) is 0 Å². The molecule has 78 valence electrons. The molecule has 0 fully saturated rings. The van der Waals surface area contributed by atoms with Crippen LogP contribution in [-0.2, 0) is 0 Å². The quantitative estimate of drug-likeness (QED) is 0.688. The minimum Gasteiger partial charge on any atom is -0.374 e. The Morgan fingerprint density at radius 3 is 2.79 bits per heavy atom. The third kappa shape index (κ3) is 3.32. The van der Waals surface area contributed by atoms with Gasteiger partial charge in [0.25, 0.3) is 0 Å². The van der Waals surface area contributed by atoms with E-state index in [4.69, 9.17) is 0 Å². The van der Waals surface area contributed by atoms with Gasteiger partial charge in [-0.15, -0.1) is 0 Å². The molecule has 0 aliphatic rings. The second-order valence-electron chi connectivity index (χ2n) is 3.94. The summed E-state index contributed by atoms with van der Waals surface area (Å²) in [5, 5.41) is 0. The Morgan fingerprint density at radius 1 is 1.50 bits per heavy atom. The molecule has 1 rings (SSSR count). The van der Waals surface area contributed by atoms with Crippen molar-refractivity contribution in [3.05, 3.63) is 24.3 Å². The summed E-state index contributed by atoms with van der Waals surface area (Å²) in [6.45, 7) is 5.31. The summed E-state index contributed by atoms with van der Waals surface area (Å²) in [5.41, 5.74) is 0.887. The van der Waals surface area contributed by atoms with E-state index < -0.39 is 5.95 Å². The van der Waals surface area contributed by atoms with Crippen molar-refractivity contribution < 1.29 is 4.39 Å². The number of anilines is 1. The molecular weight excluding hydrogens is 179 g/mol. The number of aromatic nitrogens is 1. The van der Waals surface area contributed by atoms with E-state index in [0.717, 1.165) is 18.7 Å². The molecule has 0 spiro atoms. The highest BCUT2D eigenvalue weighted by atomic mass is 19.1. The minimum atomic E-state index is -0.418. The second-order valence-corrected chi connectivity index (χ2v) is 3.94. The molecule has 0 saturated heterocycles. The van der Waals surface area contributed by atoms with Crippen LogP contribution in [0.3, 0.4) is 0 Å². The van der Waals surface area contributed by atoms with Crippen LogP contribution in [0.15, 0.2) is 18.3 Å². The van der Waals surface area contributed by atoms with Gasteiger partial charge in [-0.1, -0.05) is 13.8 Å². The Kier molecular flexibility index (Phi) is 3.86. The van der Waals surface area contributed by atoms with Crippen LogP contribution in [0.25, 0.3) is 0 Å². The van der Waals surface area contributed by atoms with Crippen molar-refractivity contribution in [1.29, 1.82) is 0 Å². The summed E-state index contributed by atoms with van der Waals surface area (Å²) < 4.78 is 12.8. The third-order valence-electron chi connectivity index (χ3n) is 2.19. The van der Waals surface area contributed by atoms with Gasteiger partial charge in [0.2, 0.25) is 5.95 Å².